The van der Waals surface area contributed by atoms with Gasteiger partial charge in [0.05, 0.1) is 0 Å². The fraction of sp³-hybridized carbons (Fsp3) is 0.818. The molecule has 1 aliphatic carbocycles. The van der Waals surface area contributed by atoms with Gasteiger partial charge in [-0.3, -0.25) is 0 Å². The Bertz CT molecular complexity index is 141. The van der Waals surface area contributed by atoms with Crippen molar-refractivity contribution in [3.05, 3.63) is 12.2 Å². The Balaban J connectivity index is 2.27. The SMILES string of the molecule is CC(C)C(CCl)CC1CC=CC1. The number of allylic oxidation sites excluding steroid dienone is 2. The van der Waals surface area contributed by atoms with E-state index in [1.54, 1.807) is 0 Å². The molecule has 0 N–H and O–H groups in total. The molecule has 0 aliphatic heterocycles. The minimum absolute atomic E-state index is 0.719. The summed E-state index contributed by atoms with van der Waals surface area (Å²) in [6, 6.07) is 0. The fourth-order valence-electron chi connectivity index (χ4n) is 1.81. The Labute approximate surface area is 81.0 Å². The van der Waals surface area contributed by atoms with E-state index in [9.17, 15) is 0 Å². The Hall–Kier alpha value is 0.0300. The fourth-order valence-corrected chi connectivity index (χ4v) is 2.29. The Morgan fingerprint density at radius 2 is 1.92 bits per heavy atom. The van der Waals surface area contributed by atoms with E-state index in [0.717, 1.165) is 23.6 Å². The van der Waals surface area contributed by atoms with E-state index < -0.39 is 0 Å². The van der Waals surface area contributed by atoms with Crippen LogP contribution in [-0.2, 0) is 0 Å². The lowest BCUT2D eigenvalue weighted by Gasteiger charge is -2.21. The molecule has 1 rings (SSSR count). The highest BCUT2D eigenvalue weighted by molar-refractivity contribution is 6.18. The van der Waals surface area contributed by atoms with Crippen LogP contribution in [0.15, 0.2) is 12.2 Å². The molecular formula is C11H19Cl. The average Bonchev–Trinajstić information content (AvgIpc) is 2.51. The van der Waals surface area contributed by atoms with E-state index in [1.807, 2.05) is 0 Å². The van der Waals surface area contributed by atoms with E-state index >= 15 is 0 Å². The van der Waals surface area contributed by atoms with Crippen LogP contribution in [0.4, 0.5) is 0 Å². The molecule has 0 aromatic heterocycles. The lowest BCUT2D eigenvalue weighted by molar-refractivity contribution is 0.331. The normalized spacial score (nSPS) is 20.7. The van der Waals surface area contributed by atoms with Gasteiger partial charge in [-0.05, 0) is 37.0 Å². The minimum atomic E-state index is 0.719. The molecule has 1 atom stereocenters. The van der Waals surface area contributed by atoms with E-state index in [-0.39, 0.29) is 0 Å². The number of hydrogen-bond donors (Lipinski definition) is 0. The van der Waals surface area contributed by atoms with Crippen molar-refractivity contribution in [3.8, 4) is 0 Å². The molecule has 0 amide bonds. The van der Waals surface area contributed by atoms with Crippen molar-refractivity contribution in [3.63, 3.8) is 0 Å². The van der Waals surface area contributed by atoms with Gasteiger partial charge in [-0.2, -0.15) is 0 Å². The van der Waals surface area contributed by atoms with Crippen molar-refractivity contribution in [1.29, 1.82) is 0 Å². The highest BCUT2D eigenvalue weighted by Crippen LogP contribution is 2.29. The largest absolute Gasteiger partial charge is 0.126 e. The van der Waals surface area contributed by atoms with Crippen LogP contribution in [0.25, 0.3) is 0 Å². The lowest BCUT2D eigenvalue weighted by Crippen LogP contribution is -2.14. The standard InChI is InChI=1S/C11H19Cl/c1-9(2)11(8-12)7-10-5-3-4-6-10/h3-4,9-11H,5-8H2,1-2H3. The second-order valence-corrected chi connectivity index (χ2v) is 4.51. The van der Waals surface area contributed by atoms with Gasteiger partial charge in [-0.25, -0.2) is 0 Å². The molecule has 0 spiro atoms. The number of halogens is 1. The first kappa shape index (κ1) is 10.1. The summed E-state index contributed by atoms with van der Waals surface area (Å²) in [4.78, 5) is 0. The summed E-state index contributed by atoms with van der Waals surface area (Å²) in [6.45, 7) is 4.55. The summed E-state index contributed by atoms with van der Waals surface area (Å²) in [5.74, 6) is 3.17. The van der Waals surface area contributed by atoms with Gasteiger partial charge in [0.15, 0.2) is 0 Å². The van der Waals surface area contributed by atoms with Gasteiger partial charge in [-0.15, -0.1) is 11.6 Å². The topological polar surface area (TPSA) is 0 Å². The van der Waals surface area contributed by atoms with Crippen LogP contribution >= 0.6 is 11.6 Å². The van der Waals surface area contributed by atoms with Crippen molar-refractivity contribution < 1.29 is 0 Å². The average molecular weight is 187 g/mol. The summed E-state index contributed by atoms with van der Waals surface area (Å²) >= 11 is 5.92. The Morgan fingerprint density at radius 1 is 1.33 bits per heavy atom. The van der Waals surface area contributed by atoms with Gasteiger partial charge >= 0.3 is 0 Å². The van der Waals surface area contributed by atoms with Crippen LogP contribution in [0.2, 0.25) is 0 Å². The van der Waals surface area contributed by atoms with Crippen LogP contribution in [0.5, 0.6) is 0 Å². The summed E-state index contributed by atoms with van der Waals surface area (Å²) in [7, 11) is 0. The zero-order valence-electron chi connectivity index (χ0n) is 8.09. The van der Waals surface area contributed by atoms with Crippen molar-refractivity contribution >= 4 is 11.6 Å². The molecule has 1 heteroatoms. The zero-order chi connectivity index (χ0) is 8.97. The second kappa shape index (κ2) is 4.91. The molecule has 0 nitrogen and oxygen atoms in total. The van der Waals surface area contributed by atoms with E-state index in [0.29, 0.717) is 0 Å². The minimum Gasteiger partial charge on any atom is -0.126 e. The maximum Gasteiger partial charge on any atom is 0.0254 e. The molecule has 70 valence electrons. The van der Waals surface area contributed by atoms with Gasteiger partial charge in [0, 0.05) is 5.88 Å². The van der Waals surface area contributed by atoms with E-state index in [2.05, 4.69) is 26.0 Å². The van der Waals surface area contributed by atoms with Gasteiger partial charge in [-0.1, -0.05) is 26.0 Å². The summed E-state index contributed by atoms with van der Waals surface area (Å²) in [5, 5.41) is 0. The molecule has 0 bridgehead atoms. The molecular weight excluding hydrogens is 168 g/mol. The highest BCUT2D eigenvalue weighted by Gasteiger charge is 2.18. The molecule has 0 aromatic carbocycles. The Kier molecular flexibility index (Phi) is 4.14. The highest BCUT2D eigenvalue weighted by atomic mass is 35.5. The first-order chi connectivity index (χ1) is 5.74. The van der Waals surface area contributed by atoms with Crippen LogP contribution in [0.3, 0.4) is 0 Å². The third kappa shape index (κ3) is 2.82. The first-order valence-corrected chi connectivity index (χ1v) is 5.48. The van der Waals surface area contributed by atoms with Crippen LogP contribution in [0.1, 0.15) is 33.1 Å². The number of hydrogen-bond acceptors (Lipinski definition) is 0. The number of alkyl halides is 1. The molecule has 12 heavy (non-hydrogen) atoms. The Morgan fingerprint density at radius 3 is 2.33 bits per heavy atom. The predicted molar refractivity (Wildman–Crippen MR) is 55.5 cm³/mol. The van der Waals surface area contributed by atoms with Crippen LogP contribution in [0, 0.1) is 17.8 Å². The van der Waals surface area contributed by atoms with Crippen molar-refractivity contribution in [2.45, 2.75) is 33.1 Å². The maximum atomic E-state index is 5.92. The molecule has 0 saturated heterocycles. The van der Waals surface area contributed by atoms with Gasteiger partial charge in [0.2, 0.25) is 0 Å². The zero-order valence-corrected chi connectivity index (χ0v) is 8.85. The van der Waals surface area contributed by atoms with Gasteiger partial charge in [0.1, 0.15) is 0 Å². The van der Waals surface area contributed by atoms with E-state index in [1.165, 1.54) is 19.3 Å². The summed E-state index contributed by atoms with van der Waals surface area (Å²) in [6.07, 6.45) is 8.47. The molecule has 0 fully saturated rings. The second-order valence-electron chi connectivity index (χ2n) is 4.20. The lowest BCUT2D eigenvalue weighted by atomic mass is 9.87. The van der Waals surface area contributed by atoms with Gasteiger partial charge in [0.25, 0.3) is 0 Å². The first-order valence-electron chi connectivity index (χ1n) is 4.95. The molecule has 0 saturated carbocycles. The van der Waals surface area contributed by atoms with Crippen molar-refractivity contribution in [1.82, 2.24) is 0 Å². The molecule has 0 aromatic rings. The number of rotatable bonds is 4. The molecule has 0 radical (unpaired) electrons. The summed E-state index contributed by atoms with van der Waals surface area (Å²) < 4.78 is 0. The van der Waals surface area contributed by atoms with Crippen LogP contribution < -0.4 is 0 Å². The molecule has 0 heterocycles. The third-order valence-corrected chi connectivity index (χ3v) is 3.28. The van der Waals surface area contributed by atoms with Crippen molar-refractivity contribution in [2.24, 2.45) is 17.8 Å². The van der Waals surface area contributed by atoms with E-state index in [4.69, 9.17) is 11.6 Å². The van der Waals surface area contributed by atoms with Crippen molar-refractivity contribution in [2.75, 3.05) is 5.88 Å². The smallest absolute Gasteiger partial charge is 0.0254 e. The van der Waals surface area contributed by atoms with Gasteiger partial charge < -0.3 is 0 Å². The maximum absolute atomic E-state index is 5.92. The van der Waals surface area contributed by atoms with Crippen LogP contribution in [-0.4, -0.2) is 5.88 Å². The predicted octanol–water partition coefficient (Wildman–Crippen LogP) is 3.85. The summed E-state index contributed by atoms with van der Waals surface area (Å²) in [5.41, 5.74) is 0. The monoisotopic (exact) mass is 186 g/mol. The third-order valence-electron chi connectivity index (χ3n) is 2.88. The molecule has 1 aliphatic rings. The molecule has 1 unspecified atom stereocenters. The quantitative estimate of drug-likeness (QED) is 0.462.